The second-order valence-electron chi connectivity index (χ2n) is 6.39. The summed E-state index contributed by atoms with van der Waals surface area (Å²) in [5.41, 5.74) is 2.58. The fourth-order valence-electron chi connectivity index (χ4n) is 2.09. The molecular formula is C17H24N4O2. The molecular weight excluding hydrogens is 292 g/mol. The van der Waals surface area contributed by atoms with Crippen molar-refractivity contribution >= 4 is 11.8 Å². The molecule has 2 N–H and O–H groups in total. The second kappa shape index (κ2) is 7.17. The molecule has 0 saturated carbocycles. The van der Waals surface area contributed by atoms with Crippen LogP contribution in [0.4, 0.5) is 10.5 Å². The first-order valence-electron chi connectivity index (χ1n) is 7.59. The lowest BCUT2D eigenvalue weighted by atomic mass is 10.1. The summed E-state index contributed by atoms with van der Waals surface area (Å²) in [6.07, 6.45) is 3.38. The predicted molar refractivity (Wildman–Crippen MR) is 90.1 cm³/mol. The molecule has 1 amide bonds. The van der Waals surface area contributed by atoms with Crippen molar-refractivity contribution in [3.05, 3.63) is 47.8 Å². The molecule has 1 aromatic carbocycles. The first-order chi connectivity index (χ1) is 10.8. The van der Waals surface area contributed by atoms with Crippen LogP contribution in [0.2, 0.25) is 0 Å². The molecule has 0 bridgehead atoms. The van der Waals surface area contributed by atoms with Gasteiger partial charge in [0.25, 0.3) is 0 Å². The topological polar surface area (TPSA) is 68.2 Å². The number of anilines is 1. The number of benzene rings is 1. The predicted octanol–water partition coefficient (Wildman–Crippen LogP) is 3.06. The van der Waals surface area contributed by atoms with Gasteiger partial charge in [-0.3, -0.25) is 4.68 Å². The van der Waals surface area contributed by atoms with Crippen molar-refractivity contribution in [1.82, 2.24) is 15.1 Å². The van der Waals surface area contributed by atoms with E-state index in [1.807, 2.05) is 64.5 Å². The van der Waals surface area contributed by atoms with Crippen LogP contribution in [0.1, 0.15) is 31.9 Å². The number of carbonyl (C=O) groups excluding carboxylic acids is 1. The Labute approximate surface area is 136 Å². The molecule has 0 fully saturated rings. The van der Waals surface area contributed by atoms with Gasteiger partial charge in [0.2, 0.25) is 0 Å². The molecule has 2 rings (SSSR count). The van der Waals surface area contributed by atoms with Gasteiger partial charge in [0.1, 0.15) is 5.60 Å². The highest BCUT2D eigenvalue weighted by Gasteiger charge is 2.16. The SMILES string of the molecule is Cn1cc(CNc2ccccc2CNC(=O)OC(C)(C)C)cn1. The van der Waals surface area contributed by atoms with E-state index in [9.17, 15) is 4.79 Å². The van der Waals surface area contributed by atoms with Gasteiger partial charge in [0.05, 0.1) is 6.20 Å². The molecule has 0 unspecified atom stereocenters. The Morgan fingerprint density at radius 1 is 1.26 bits per heavy atom. The summed E-state index contributed by atoms with van der Waals surface area (Å²) in [5.74, 6) is 0. The number of hydrogen-bond acceptors (Lipinski definition) is 4. The first kappa shape index (κ1) is 16.9. The molecule has 0 atom stereocenters. The normalized spacial score (nSPS) is 11.1. The van der Waals surface area contributed by atoms with Crippen molar-refractivity contribution in [3.63, 3.8) is 0 Å². The summed E-state index contributed by atoms with van der Waals surface area (Å²) < 4.78 is 7.02. The fourth-order valence-corrected chi connectivity index (χ4v) is 2.09. The number of hydrogen-bond donors (Lipinski definition) is 2. The van der Waals surface area contributed by atoms with Crippen LogP contribution in [0, 0.1) is 0 Å². The highest BCUT2D eigenvalue weighted by Crippen LogP contribution is 2.16. The van der Waals surface area contributed by atoms with E-state index < -0.39 is 11.7 Å². The Bertz CT molecular complexity index is 659. The standard InChI is InChI=1S/C17H24N4O2/c1-17(2,3)23-16(22)19-11-14-7-5-6-8-15(14)18-9-13-10-20-21(4)12-13/h5-8,10,12,18H,9,11H2,1-4H3,(H,19,22). The van der Waals surface area contributed by atoms with Crippen LogP contribution in [-0.2, 0) is 24.9 Å². The van der Waals surface area contributed by atoms with E-state index in [2.05, 4.69) is 15.7 Å². The van der Waals surface area contributed by atoms with E-state index in [1.165, 1.54) is 0 Å². The third-order valence-corrected chi connectivity index (χ3v) is 3.08. The number of rotatable bonds is 5. The molecule has 0 aliphatic rings. The molecule has 6 nitrogen and oxygen atoms in total. The molecule has 0 aliphatic carbocycles. The van der Waals surface area contributed by atoms with E-state index in [0.717, 1.165) is 16.8 Å². The third-order valence-electron chi connectivity index (χ3n) is 3.08. The van der Waals surface area contributed by atoms with Crippen molar-refractivity contribution < 1.29 is 9.53 Å². The zero-order chi connectivity index (χ0) is 16.9. The molecule has 6 heteroatoms. The van der Waals surface area contributed by atoms with Gasteiger partial charge < -0.3 is 15.4 Å². The van der Waals surface area contributed by atoms with Crippen LogP contribution in [0.25, 0.3) is 0 Å². The minimum Gasteiger partial charge on any atom is -0.444 e. The molecule has 1 heterocycles. The van der Waals surface area contributed by atoms with Crippen LogP contribution >= 0.6 is 0 Å². The van der Waals surface area contributed by atoms with Gasteiger partial charge in [-0.25, -0.2) is 4.79 Å². The maximum absolute atomic E-state index is 11.8. The quantitative estimate of drug-likeness (QED) is 0.889. The maximum atomic E-state index is 11.8. The Morgan fingerprint density at radius 2 is 2.00 bits per heavy atom. The third kappa shape index (κ3) is 5.65. The fraction of sp³-hybridized carbons (Fsp3) is 0.412. The summed E-state index contributed by atoms with van der Waals surface area (Å²) in [5, 5.41) is 10.3. The van der Waals surface area contributed by atoms with E-state index in [1.54, 1.807) is 4.68 Å². The Hall–Kier alpha value is -2.50. The monoisotopic (exact) mass is 316 g/mol. The molecule has 0 aliphatic heterocycles. The molecule has 0 spiro atoms. The number of aromatic nitrogens is 2. The van der Waals surface area contributed by atoms with E-state index in [0.29, 0.717) is 13.1 Å². The lowest BCUT2D eigenvalue weighted by molar-refractivity contribution is 0.0523. The Balaban J connectivity index is 1.93. The maximum Gasteiger partial charge on any atom is 0.407 e. The van der Waals surface area contributed by atoms with E-state index in [-0.39, 0.29) is 0 Å². The van der Waals surface area contributed by atoms with Gasteiger partial charge in [0, 0.05) is 37.6 Å². The molecule has 2 aromatic rings. The van der Waals surface area contributed by atoms with E-state index >= 15 is 0 Å². The van der Waals surface area contributed by atoms with Crippen molar-refractivity contribution in [1.29, 1.82) is 0 Å². The smallest absolute Gasteiger partial charge is 0.407 e. The highest BCUT2D eigenvalue weighted by atomic mass is 16.6. The van der Waals surface area contributed by atoms with E-state index in [4.69, 9.17) is 4.74 Å². The van der Waals surface area contributed by atoms with Crippen molar-refractivity contribution in [2.75, 3.05) is 5.32 Å². The molecule has 0 radical (unpaired) electrons. The van der Waals surface area contributed by atoms with Gasteiger partial charge in [-0.1, -0.05) is 18.2 Å². The van der Waals surface area contributed by atoms with Gasteiger partial charge in [-0.2, -0.15) is 5.10 Å². The van der Waals surface area contributed by atoms with Gasteiger partial charge in [-0.15, -0.1) is 0 Å². The number of amides is 1. The number of carbonyl (C=O) groups is 1. The van der Waals surface area contributed by atoms with Gasteiger partial charge in [-0.05, 0) is 32.4 Å². The number of aryl methyl sites for hydroxylation is 1. The molecule has 23 heavy (non-hydrogen) atoms. The number of para-hydroxylation sites is 1. The van der Waals surface area contributed by atoms with Crippen LogP contribution in [0.3, 0.4) is 0 Å². The molecule has 1 aromatic heterocycles. The van der Waals surface area contributed by atoms with Gasteiger partial charge in [0.15, 0.2) is 0 Å². The van der Waals surface area contributed by atoms with Crippen LogP contribution < -0.4 is 10.6 Å². The number of nitrogens with zero attached hydrogens (tertiary/aromatic N) is 2. The minimum absolute atomic E-state index is 0.408. The van der Waals surface area contributed by atoms with Crippen LogP contribution in [0.5, 0.6) is 0 Å². The highest BCUT2D eigenvalue weighted by molar-refractivity contribution is 5.68. The summed E-state index contributed by atoms with van der Waals surface area (Å²) in [6, 6.07) is 7.87. The Morgan fingerprint density at radius 3 is 2.65 bits per heavy atom. The first-order valence-corrected chi connectivity index (χ1v) is 7.59. The average Bonchev–Trinajstić information content (AvgIpc) is 2.87. The second-order valence-corrected chi connectivity index (χ2v) is 6.39. The zero-order valence-corrected chi connectivity index (χ0v) is 14.1. The summed E-state index contributed by atoms with van der Waals surface area (Å²) in [4.78, 5) is 11.8. The molecule has 124 valence electrons. The largest absolute Gasteiger partial charge is 0.444 e. The summed E-state index contributed by atoms with van der Waals surface area (Å²) in [6.45, 7) is 6.62. The minimum atomic E-state index is -0.498. The number of alkyl carbamates (subject to hydrolysis) is 1. The van der Waals surface area contributed by atoms with Crippen LogP contribution in [-0.4, -0.2) is 21.5 Å². The van der Waals surface area contributed by atoms with Gasteiger partial charge >= 0.3 is 6.09 Å². The summed E-state index contributed by atoms with van der Waals surface area (Å²) >= 11 is 0. The number of nitrogens with one attached hydrogen (secondary N) is 2. The lowest BCUT2D eigenvalue weighted by Crippen LogP contribution is -2.32. The zero-order valence-electron chi connectivity index (χ0n) is 14.1. The van der Waals surface area contributed by atoms with Crippen molar-refractivity contribution in [3.8, 4) is 0 Å². The van der Waals surface area contributed by atoms with Crippen molar-refractivity contribution in [2.24, 2.45) is 7.05 Å². The average molecular weight is 316 g/mol. The van der Waals surface area contributed by atoms with Crippen molar-refractivity contribution in [2.45, 2.75) is 39.5 Å². The van der Waals surface area contributed by atoms with Crippen LogP contribution in [0.15, 0.2) is 36.7 Å². The lowest BCUT2D eigenvalue weighted by Gasteiger charge is -2.20. The molecule has 0 saturated heterocycles. The number of ether oxygens (including phenoxy) is 1. The Kier molecular flexibility index (Phi) is 5.26. The summed E-state index contributed by atoms with van der Waals surface area (Å²) in [7, 11) is 1.89.